The van der Waals surface area contributed by atoms with Gasteiger partial charge in [-0.25, -0.2) is 4.98 Å². The smallest absolute Gasteiger partial charge is 0.287 e. The number of hydrogen-bond acceptors (Lipinski definition) is 6. The van der Waals surface area contributed by atoms with Crippen molar-refractivity contribution in [3.8, 4) is 0 Å². The Balaban J connectivity index is 1.65. The van der Waals surface area contributed by atoms with Crippen molar-refractivity contribution < 1.29 is 9.72 Å². The second-order valence-electron chi connectivity index (χ2n) is 5.65. The number of carbonyl (C=O) groups excluding carboxylic acids is 1. The second kappa shape index (κ2) is 7.03. The van der Waals surface area contributed by atoms with E-state index in [1.165, 1.54) is 12.3 Å². The van der Waals surface area contributed by atoms with Crippen molar-refractivity contribution in [3.63, 3.8) is 0 Å². The van der Waals surface area contributed by atoms with Gasteiger partial charge in [-0.05, 0) is 31.0 Å². The fourth-order valence-corrected chi connectivity index (χ4v) is 2.75. The van der Waals surface area contributed by atoms with E-state index in [0.717, 1.165) is 19.4 Å². The SMILES string of the molecule is O=C(Nc1cccnc1)[C@H]1CCCN(c2ccc([N+](=O)[O-])cn2)C1. The summed E-state index contributed by atoms with van der Waals surface area (Å²) < 4.78 is 0. The predicted octanol–water partition coefficient (Wildman–Crippen LogP) is 2.24. The van der Waals surface area contributed by atoms with E-state index in [1.807, 2.05) is 4.90 Å². The standard InChI is InChI=1S/C16H17N5O3/c22-16(19-13-4-1-7-17-9-13)12-3-2-8-20(11-12)15-6-5-14(10-18-15)21(23)24/h1,4-7,9-10,12H,2-3,8,11H2,(H,19,22)/t12-/m0/s1. The lowest BCUT2D eigenvalue weighted by Gasteiger charge is -2.32. The molecule has 0 aliphatic carbocycles. The van der Waals surface area contributed by atoms with Crippen molar-refractivity contribution >= 4 is 23.1 Å². The fraction of sp³-hybridized carbons (Fsp3) is 0.312. The number of hydrogen-bond donors (Lipinski definition) is 1. The molecule has 1 aliphatic rings. The van der Waals surface area contributed by atoms with E-state index in [1.54, 1.807) is 30.6 Å². The Morgan fingerprint density at radius 3 is 2.88 bits per heavy atom. The average Bonchev–Trinajstić information content (AvgIpc) is 2.63. The van der Waals surface area contributed by atoms with Gasteiger partial charge < -0.3 is 10.2 Å². The molecule has 3 heterocycles. The molecule has 1 N–H and O–H groups in total. The highest BCUT2D eigenvalue weighted by Crippen LogP contribution is 2.24. The summed E-state index contributed by atoms with van der Waals surface area (Å²) >= 11 is 0. The first-order valence-corrected chi connectivity index (χ1v) is 7.70. The van der Waals surface area contributed by atoms with Crippen LogP contribution >= 0.6 is 0 Å². The summed E-state index contributed by atoms with van der Waals surface area (Å²) in [5, 5.41) is 13.6. The average molecular weight is 327 g/mol. The molecule has 1 amide bonds. The van der Waals surface area contributed by atoms with Crippen LogP contribution in [-0.4, -0.2) is 33.9 Å². The Hall–Kier alpha value is -3.03. The van der Waals surface area contributed by atoms with Crippen LogP contribution in [0, 0.1) is 16.0 Å². The highest BCUT2D eigenvalue weighted by Gasteiger charge is 2.26. The molecule has 8 nitrogen and oxygen atoms in total. The molecular formula is C16H17N5O3. The maximum atomic E-state index is 12.4. The van der Waals surface area contributed by atoms with Gasteiger partial charge in [0.25, 0.3) is 5.69 Å². The number of amides is 1. The lowest BCUT2D eigenvalue weighted by molar-refractivity contribution is -0.385. The molecule has 0 radical (unpaired) electrons. The number of rotatable bonds is 4. The van der Waals surface area contributed by atoms with Crippen LogP contribution in [0.4, 0.5) is 17.2 Å². The number of anilines is 2. The zero-order chi connectivity index (χ0) is 16.9. The Bertz CT molecular complexity index is 720. The summed E-state index contributed by atoms with van der Waals surface area (Å²) in [7, 11) is 0. The quantitative estimate of drug-likeness (QED) is 0.682. The van der Waals surface area contributed by atoms with Crippen LogP contribution in [0.25, 0.3) is 0 Å². The van der Waals surface area contributed by atoms with Gasteiger partial charge in [0.2, 0.25) is 5.91 Å². The summed E-state index contributed by atoms with van der Waals surface area (Å²) in [5.74, 6) is 0.449. The molecule has 1 saturated heterocycles. The summed E-state index contributed by atoms with van der Waals surface area (Å²) in [6.45, 7) is 1.32. The van der Waals surface area contributed by atoms with Gasteiger partial charge in [0.15, 0.2) is 0 Å². The number of carbonyl (C=O) groups is 1. The van der Waals surface area contributed by atoms with Gasteiger partial charge in [-0.15, -0.1) is 0 Å². The lowest BCUT2D eigenvalue weighted by Crippen LogP contribution is -2.41. The minimum absolute atomic E-state index is 0.0402. The largest absolute Gasteiger partial charge is 0.356 e. The molecule has 0 spiro atoms. The zero-order valence-corrected chi connectivity index (χ0v) is 13.0. The van der Waals surface area contributed by atoms with Crippen LogP contribution in [0.1, 0.15) is 12.8 Å². The van der Waals surface area contributed by atoms with E-state index in [2.05, 4.69) is 15.3 Å². The molecule has 124 valence electrons. The molecule has 24 heavy (non-hydrogen) atoms. The Morgan fingerprint density at radius 2 is 2.21 bits per heavy atom. The van der Waals surface area contributed by atoms with Gasteiger partial charge >= 0.3 is 0 Å². The molecule has 1 aliphatic heterocycles. The van der Waals surface area contributed by atoms with Crippen LogP contribution in [-0.2, 0) is 4.79 Å². The first kappa shape index (κ1) is 15.9. The van der Waals surface area contributed by atoms with Crippen LogP contribution in [0.3, 0.4) is 0 Å². The number of aromatic nitrogens is 2. The van der Waals surface area contributed by atoms with Gasteiger partial charge in [0.05, 0.1) is 22.7 Å². The van der Waals surface area contributed by atoms with Gasteiger partial charge in [-0.3, -0.25) is 19.9 Å². The predicted molar refractivity (Wildman–Crippen MR) is 88.7 cm³/mol. The van der Waals surface area contributed by atoms with Crippen LogP contribution in [0.15, 0.2) is 42.9 Å². The Labute approximate surface area is 138 Å². The first-order chi connectivity index (χ1) is 11.6. The number of pyridine rings is 2. The van der Waals surface area contributed by atoms with Crippen LogP contribution in [0.5, 0.6) is 0 Å². The van der Waals surface area contributed by atoms with Crippen LogP contribution < -0.4 is 10.2 Å². The van der Waals surface area contributed by atoms with Crippen molar-refractivity contribution in [2.75, 3.05) is 23.3 Å². The Kier molecular flexibility index (Phi) is 4.64. The van der Waals surface area contributed by atoms with E-state index < -0.39 is 4.92 Å². The summed E-state index contributed by atoms with van der Waals surface area (Å²) in [6.07, 6.45) is 6.17. The van der Waals surface area contributed by atoms with Gasteiger partial charge in [0.1, 0.15) is 12.0 Å². The van der Waals surface area contributed by atoms with Crippen molar-refractivity contribution in [1.82, 2.24) is 9.97 Å². The maximum absolute atomic E-state index is 12.4. The van der Waals surface area contributed by atoms with Gasteiger partial charge in [-0.1, -0.05) is 0 Å². The van der Waals surface area contributed by atoms with Gasteiger partial charge in [-0.2, -0.15) is 0 Å². The van der Waals surface area contributed by atoms with Crippen molar-refractivity contribution in [2.24, 2.45) is 5.92 Å². The zero-order valence-electron chi connectivity index (χ0n) is 13.0. The van der Waals surface area contributed by atoms with Crippen molar-refractivity contribution in [3.05, 3.63) is 53.0 Å². The third kappa shape index (κ3) is 3.65. The Morgan fingerprint density at radius 1 is 1.33 bits per heavy atom. The monoisotopic (exact) mass is 327 g/mol. The molecule has 3 rings (SSSR count). The summed E-state index contributed by atoms with van der Waals surface area (Å²) in [4.78, 5) is 32.7. The molecule has 1 atom stereocenters. The molecule has 0 saturated carbocycles. The maximum Gasteiger partial charge on any atom is 0.287 e. The highest BCUT2D eigenvalue weighted by atomic mass is 16.6. The van der Waals surface area contributed by atoms with E-state index in [4.69, 9.17) is 0 Å². The van der Waals surface area contributed by atoms with E-state index >= 15 is 0 Å². The van der Waals surface area contributed by atoms with Gasteiger partial charge in [0, 0.05) is 25.4 Å². The molecule has 0 unspecified atom stereocenters. The van der Waals surface area contributed by atoms with E-state index in [0.29, 0.717) is 18.1 Å². The number of nitro groups is 1. The third-order valence-electron chi connectivity index (χ3n) is 3.99. The lowest BCUT2D eigenvalue weighted by atomic mass is 9.97. The molecule has 0 aromatic carbocycles. The third-order valence-corrected chi connectivity index (χ3v) is 3.99. The molecule has 2 aromatic rings. The summed E-state index contributed by atoms with van der Waals surface area (Å²) in [6, 6.07) is 6.62. The first-order valence-electron chi connectivity index (χ1n) is 7.70. The molecular weight excluding hydrogens is 310 g/mol. The number of nitrogens with one attached hydrogen (secondary N) is 1. The minimum Gasteiger partial charge on any atom is -0.356 e. The topological polar surface area (TPSA) is 101 Å². The number of nitrogens with zero attached hydrogens (tertiary/aromatic N) is 4. The number of piperidine rings is 1. The minimum atomic E-state index is -0.475. The molecule has 2 aromatic heterocycles. The van der Waals surface area contributed by atoms with Crippen LogP contribution in [0.2, 0.25) is 0 Å². The second-order valence-corrected chi connectivity index (χ2v) is 5.65. The molecule has 0 bridgehead atoms. The molecule has 8 heteroatoms. The fourth-order valence-electron chi connectivity index (χ4n) is 2.75. The van der Waals surface area contributed by atoms with Crippen molar-refractivity contribution in [1.29, 1.82) is 0 Å². The van der Waals surface area contributed by atoms with Crippen molar-refractivity contribution in [2.45, 2.75) is 12.8 Å². The van der Waals surface area contributed by atoms with E-state index in [-0.39, 0.29) is 17.5 Å². The molecule has 1 fully saturated rings. The summed E-state index contributed by atoms with van der Waals surface area (Å²) in [5.41, 5.74) is 0.634. The normalized spacial score (nSPS) is 17.3. The van der Waals surface area contributed by atoms with E-state index in [9.17, 15) is 14.9 Å². The highest BCUT2D eigenvalue weighted by molar-refractivity contribution is 5.92.